The number of rotatable bonds is 7. The summed E-state index contributed by atoms with van der Waals surface area (Å²) in [4.78, 5) is 7.00. The summed E-state index contributed by atoms with van der Waals surface area (Å²) in [5.41, 5.74) is 2.38. The average molecular weight is 281 g/mol. The van der Waals surface area contributed by atoms with Gasteiger partial charge in [0.25, 0.3) is 0 Å². The van der Waals surface area contributed by atoms with E-state index in [9.17, 15) is 0 Å². The molecular weight excluding hydrogens is 258 g/mol. The molecule has 0 aromatic carbocycles. The zero-order chi connectivity index (χ0) is 13.8. The molecule has 0 aliphatic heterocycles. The molecule has 4 nitrogen and oxygen atoms in total. The number of thiazole rings is 1. The van der Waals surface area contributed by atoms with E-state index in [2.05, 4.69) is 41.7 Å². The number of hydrogen-bond donors (Lipinski definition) is 1. The van der Waals surface area contributed by atoms with Crippen molar-refractivity contribution < 1.29 is 4.74 Å². The van der Waals surface area contributed by atoms with Crippen LogP contribution in [0, 0.1) is 13.8 Å². The molecule has 0 saturated heterocycles. The highest BCUT2D eigenvalue weighted by Gasteiger charge is 2.13. The molecule has 1 N–H and O–H groups in total. The number of imidazole rings is 1. The van der Waals surface area contributed by atoms with Gasteiger partial charge in [-0.15, -0.1) is 11.3 Å². The highest BCUT2D eigenvalue weighted by atomic mass is 32.1. The van der Waals surface area contributed by atoms with E-state index in [1.54, 1.807) is 18.4 Å². The smallest absolute Gasteiger partial charge is 0.194 e. The monoisotopic (exact) mass is 281 g/mol. The van der Waals surface area contributed by atoms with Crippen LogP contribution < -0.4 is 5.32 Å². The molecule has 19 heavy (non-hydrogen) atoms. The highest BCUT2D eigenvalue weighted by molar-refractivity contribution is 7.17. The average Bonchev–Trinajstić information content (AvgIpc) is 2.83. The maximum atomic E-state index is 5.27. The van der Waals surface area contributed by atoms with Gasteiger partial charge in [-0.25, -0.2) is 4.98 Å². The molecule has 1 unspecified atom stereocenters. The molecule has 106 valence electrons. The van der Waals surface area contributed by atoms with Crippen LogP contribution in [0.15, 0.2) is 6.20 Å². The van der Waals surface area contributed by atoms with Crippen LogP contribution in [-0.4, -0.2) is 29.1 Å². The lowest BCUT2D eigenvalue weighted by Gasteiger charge is -2.17. The van der Waals surface area contributed by atoms with Crippen LogP contribution in [0.2, 0.25) is 0 Å². The Morgan fingerprint density at radius 1 is 1.47 bits per heavy atom. The molecule has 0 saturated carbocycles. The molecule has 1 atom stereocenters. The number of ether oxygens (including phenoxy) is 1. The largest absolute Gasteiger partial charge is 0.383 e. The molecule has 0 spiro atoms. The van der Waals surface area contributed by atoms with Crippen molar-refractivity contribution >= 4 is 16.3 Å². The molecular formula is C14H23N3OS. The molecule has 0 aliphatic carbocycles. The van der Waals surface area contributed by atoms with Crippen LogP contribution in [0.25, 0.3) is 4.96 Å². The molecule has 2 aromatic heterocycles. The van der Waals surface area contributed by atoms with E-state index in [4.69, 9.17) is 4.74 Å². The van der Waals surface area contributed by atoms with Crippen molar-refractivity contribution in [2.75, 3.05) is 13.7 Å². The number of aryl methyl sites for hydroxylation is 2. The van der Waals surface area contributed by atoms with Crippen molar-refractivity contribution in [3.05, 3.63) is 22.5 Å². The normalized spacial score (nSPS) is 13.3. The van der Waals surface area contributed by atoms with Crippen molar-refractivity contribution in [1.82, 2.24) is 14.7 Å². The highest BCUT2D eigenvalue weighted by Crippen LogP contribution is 2.20. The Morgan fingerprint density at radius 3 is 2.95 bits per heavy atom. The molecule has 0 bridgehead atoms. The number of fused-ring (bicyclic) bond motifs is 1. The second kappa shape index (κ2) is 6.50. The number of hydrogen-bond acceptors (Lipinski definition) is 4. The number of methoxy groups -OCH3 is 1. The first-order valence-electron chi connectivity index (χ1n) is 6.82. The lowest BCUT2D eigenvalue weighted by Crippen LogP contribution is -2.33. The van der Waals surface area contributed by atoms with Crippen LogP contribution in [0.4, 0.5) is 0 Å². The van der Waals surface area contributed by atoms with Gasteiger partial charge in [0.2, 0.25) is 0 Å². The van der Waals surface area contributed by atoms with Gasteiger partial charge in [-0.05, 0) is 20.3 Å². The fourth-order valence-electron chi connectivity index (χ4n) is 2.36. The molecule has 0 aliphatic rings. The molecule has 0 radical (unpaired) electrons. The molecule has 5 heteroatoms. The summed E-state index contributed by atoms with van der Waals surface area (Å²) in [6.45, 7) is 8.01. The number of nitrogens with one attached hydrogen (secondary N) is 1. The minimum atomic E-state index is 0.416. The number of aromatic nitrogens is 2. The van der Waals surface area contributed by atoms with Crippen molar-refractivity contribution in [3.63, 3.8) is 0 Å². The van der Waals surface area contributed by atoms with Gasteiger partial charge in [-0.2, -0.15) is 0 Å². The van der Waals surface area contributed by atoms with Gasteiger partial charge in [0.1, 0.15) is 0 Å². The minimum absolute atomic E-state index is 0.416. The van der Waals surface area contributed by atoms with Gasteiger partial charge in [-0.1, -0.05) is 13.3 Å². The molecule has 2 aromatic rings. The molecule has 0 amide bonds. The third kappa shape index (κ3) is 3.35. The van der Waals surface area contributed by atoms with E-state index >= 15 is 0 Å². The maximum absolute atomic E-state index is 5.27. The molecule has 2 rings (SSSR count). The predicted molar refractivity (Wildman–Crippen MR) is 80.0 cm³/mol. The van der Waals surface area contributed by atoms with E-state index in [0.717, 1.165) is 30.2 Å². The Kier molecular flexibility index (Phi) is 4.96. The zero-order valence-corrected chi connectivity index (χ0v) is 13.0. The fraction of sp³-hybridized carbons (Fsp3) is 0.643. The van der Waals surface area contributed by atoms with E-state index in [1.807, 2.05) is 0 Å². The van der Waals surface area contributed by atoms with Gasteiger partial charge in [0.15, 0.2) is 4.96 Å². The summed E-state index contributed by atoms with van der Waals surface area (Å²) in [7, 11) is 1.76. The van der Waals surface area contributed by atoms with Crippen LogP contribution in [0.1, 0.15) is 36.0 Å². The van der Waals surface area contributed by atoms with Crippen molar-refractivity contribution in [3.8, 4) is 0 Å². The summed E-state index contributed by atoms with van der Waals surface area (Å²) < 4.78 is 7.47. The summed E-state index contributed by atoms with van der Waals surface area (Å²) in [6.07, 6.45) is 4.47. The van der Waals surface area contributed by atoms with Crippen LogP contribution in [0.3, 0.4) is 0 Å². The Morgan fingerprint density at radius 2 is 2.26 bits per heavy atom. The summed E-state index contributed by atoms with van der Waals surface area (Å²) in [6, 6.07) is 0.416. The van der Waals surface area contributed by atoms with Crippen molar-refractivity contribution in [2.45, 2.75) is 46.2 Å². The lowest BCUT2D eigenvalue weighted by atomic mass is 10.2. The molecule has 2 heterocycles. The van der Waals surface area contributed by atoms with Crippen LogP contribution in [-0.2, 0) is 11.3 Å². The maximum Gasteiger partial charge on any atom is 0.194 e. The Hall–Kier alpha value is -0.910. The van der Waals surface area contributed by atoms with Gasteiger partial charge in [0, 0.05) is 30.8 Å². The quantitative estimate of drug-likeness (QED) is 0.848. The summed E-state index contributed by atoms with van der Waals surface area (Å²) in [5, 5.41) is 3.59. The van der Waals surface area contributed by atoms with Gasteiger partial charge in [-0.3, -0.25) is 4.40 Å². The standard InChI is InChI=1S/C14H23N3OS/c1-5-6-12(9-18-4)15-7-13-11(3)16-14-17(13)8-10(2)19-14/h8,12,15H,5-7,9H2,1-4H3. The van der Waals surface area contributed by atoms with Gasteiger partial charge < -0.3 is 10.1 Å². The zero-order valence-electron chi connectivity index (χ0n) is 12.2. The summed E-state index contributed by atoms with van der Waals surface area (Å²) in [5.74, 6) is 0. The second-order valence-electron chi connectivity index (χ2n) is 4.96. The minimum Gasteiger partial charge on any atom is -0.383 e. The fourth-order valence-corrected chi connectivity index (χ4v) is 3.25. The first-order valence-corrected chi connectivity index (χ1v) is 7.63. The Labute approximate surface area is 118 Å². The van der Waals surface area contributed by atoms with E-state index in [1.165, 1.54) is 17.0 Å². The lowest BCUT2D eigenvalue weighted by molar-refractivity contribution is 0.161. The third-order valence-electron chi connectivity index (χ3n) is 3.30. The summed E-state index contributed by atoms with van der Waals surface area (Å²) >= 11 is 1.74. The first kappa shape index (κ1) is 14.5. The molecule has 0 fully saturated rings. The van der Waals surface area contributed by atoms with Crippen LogP contribution in [0.5, 0.6) is 0 Å². The third-order valence-corrected chi connectivity index (χ3v) is 4.20. The van der Waals surface area contributed by atoms with E-state index in [0.29, 0.717) is 6.04 Å². The second-order valence-corrected chi connectivity index (χ2v) is 6.17. The van der Waals surface area contributed by atoms with Crippen molar-refractivity contribution in [2.24, 2.45) is 0 Å². The Bertz CT molecular complexity index is 526. The topological polar surface area (TPSA) is 38.6 Å². The number of nitrogens with zero attached hydrogens (tertiary/aromatic N) is 2. The Balaban J connectivity index is 2.09. The van der Waals surface area contributed by atoms with Crippen molar-refractivity contribution in [1.29, 1.82) is 0 Å². The first-order chi connectivity index (χ1) is 9.15. The predicted octanol–water partition coefficient (Wildman–Crippen LogP) is 2.92. The van der Waals surface area contributed by atoms with E-state index < -0.39 is 0 Å². The van der Waals surface area contributed by atoms with Crippen LogP contribution >= 0.6 is 11.3 Å². The van der Waals surface area contributed by atoms with Gasteiger partial charge >= 0.3 is 0 Å². The van der Waals surface area contributed by atoms with E-state index in [-0.39, 0.29) is 0 Å². The van der Waals surface area contributed by atoms with Gasteiger partial charge in [0.05, 0.1) is 18.0 Å². The SMILES string of the molecule is CCCC(COC)NCc1c(C)nc2sc(C)cn12.